The van der Waals surface area contributed by atoms with Crippen LogP contribution in [0.4, 0.5) is 0 Å². The number of benzene rings is 2. The van der Waals surface area contributed by atoms with E-state index in [1.165, 1.54) is 6.08 Å². The molecule has 0 radical (unpaired) electrons. The molecule has 20 heavy (non-hydrogen) atoms. The van der Waals surface area contributed by atoms with Crippen LogP contribution in [0.2, 0.25) is 0 Å². The lowest BCUT2D eigenvalue weighted by molar-refractivity contribution is -0.128. The molecule has 0 spiro atoms. The number of rotatable bonds is 4. The van der Waals surface area contributed by atoms with Crippen molar-refractivity contribution in [3.05, 3.63) is 70.2 Å². The summed E-state index contributed by atoms with van der Waals surface area (Å²) < 4.78 is 6.09. The normalized spacial score (nSPS) is 10.4. The molecule has 0 aliphatic carbocycles. The Morgan fingerprint density at radius 3 is 2.15 bits per heavy atom. The largest absolute Gasteiger partial charge is 0.423 e. The van der Waals surface area contributed by atoms with Gasteiger partial charge in [0.2, 0.25) is 0 Å². The summed E-state index contributed by atoms with van der Waals surface area (Å²) in [5, 5.41) is 0. The van der Waals surface area contributed by atoms with Crippen LogP contribution in [0, 0.1) is 0 Å². The number of aldehydes is 1. The van der Waals surface area contributed by atoms with Crippen LogP contribution in [0.3, 0.4) is 0 Å². The summed E-state index contributed by atoms with van der Waals surface area (Å²) in [5.41, 5.74) is 1.44. The Labute approximate surface area is 125 Å². The lowest BCUT2D eigenvalue weighted by atomic mass is 10.2. The zero-order valence-corrected chi connectivity index (χ0v) is 12.0. The number of ether oxygens (including phenoxy) is 1. The highest BCUT2D eigenvalue weighted by molar-refractivity contribution is 9.10. The Bertz CT molecular complexity index is 628. The van der Waals surface area contributed by atoms with Gasteiger partial charge in [0.15, 0.2) is 0 Å². The van der Waals surface area contributed by atoms with E-state index in [1.54, 1.807) is 30.3 Å². The number of carbonyl (C=O) groups excluding carboxylic acids is 2. The Kier molecular flexibility index (Phi) is 4.85. The number of hydrogen-bond acceptors (Lipinski definition) is 3. The van der Waals surface area contributed by atoms with E-state index in [0.29, 0.717) is 11.3 Å². The lowest BCUT2D eigenvalue weighted by Crippen LogP contribution is -2.03. The summed E-state index contributed by atoms with van der Waals surface area (Å²) in [6.07, 6.45) is 3.77. The van der Waals surface area contributed by atoms with Gasteiger partial charge in [0, 0.05) is 16.1 Å². The number of halogens is 1. The van der Waals surface area contributed by atoms with E-state index in [4.69, 9.17) is 4.74 Å². The minimum atomic E-state index is -0.466. The first kappa shape index (κ1) is 14.2. The van der Waals surface area contributed by atoms with Crippen LogP contribution in [0.5, 0.6) is 5.75 Å². The lowest BCUT2D eigenvalue weighted by Gasteiger charge is -2.01. The molecule has 3 nitrogen and oxygen atoms in total. The van der Waals surface area contributed by atoms with Gasteiger partial charge in [-0.2, -0.15) is 0 Å². The molecule has 0 bridgehead atoms. The molecule has 0 N–H and O–H groups in total. The van der Waals surface area contributed by atoms with Gasteiger partial charge in [-0.3, -0.25) is 4.79 Å². The van der Waals surface area contributed by atoms with Crippen molar-refractivity contribution in [3.8, 4) is 5.75 Å². The molecule has 100 valence electrons. The van der Waals surface area contributed by atoms with E-state index >= 15 is 0 Å². The van der Waals surface area contributed by atoms with Crippen LogP contribution >= 0.6 is 15.9 Å². The average Bonchev–Trinajstić information content (AvgIpc) is 2.47. The summed E-state index contributed by atoms with van der Waals surface area (Å²) in [7, 11) is 0. The number of esters is 1. The van der Waals surface area contributed by atoms with E-state index in [-0.39, 0.29) is 0 Å². The van der Waals surface area contributed by atoms with Crippen LogP contribution in [-0.4, -0.2) is 12.3 Å². The predicted octanol–water partition coefficient (Wildman–Crippen LogP) is 3.88. The van der Waals surface area contributed by atoms with Crippen molar-refractivity contribution in [2.24, 2.45) is 0 Å². The third-order valence-corrected chi connectivity index (χ3v) is 3.05. The highest BCUT2D eigenvalue weighted by Gasteiger charge is 2.00. The molecular formula is C16H11BrO3. The minimum Gasteiger partial charge on any atom is -0.423 e. The molecule has 0 unspecified atom stereocenters. The van der Waals surface area contributed by atoms with E-state index in [1.807, 2.05) is 24.3 Å². The predicted molar refractivity (Wildman–Crippen MR) is 80.6 cm³/mol. The fraction of sp³-hybridized carbons (Fsp3) is 0. The number of hydrogen-bond donors (Lipinski definition) is 0. The van der Waals surface area contributed by atoms with Crippen molar-refractivity contribution in [2.45, 2.75) is 0 Å². The standard InChI is InChI=1S/C16H11BrO3/c17-14-6-1-12(2-7-14)5-10-16(19)20-15-8-3-13(11-18)4-9-15/h1-11H/b10-5+. The van der Waals surface area contributed by atoms with E-state index in [0.717, 1.165) is 16.3 Å². The molecule has 2 rings (SSSR count). The van der Waals surface area contributed by atoms with Gasteiger partial charge < -0.3 is 4.74 Å². The Morgan fingerprint density at radius 2 is 1.55 bits per heavy atom. The fourth-order valence-electron chi connectivity index (χ4n) is 1.50. The molecule has 0 heterocycles. The van der Waals surface area contributed by atoms with Crippen molar-refractivity contribution >= 4 is 34.3 Å². The van der Waals surface area contributed by atoms with Gasteiger partial charge in [-0.25, -0.2) is 4.79 Å². The molecule has 0 aliphatic heterocycles. The van der Waals surface area contributed by atoms with Gasteiger partial charge in [0.05, 0.1) is 0 Å². The molecule has 0 saturated heterocycles. The summed E-state index contributed by atoms with van der Waals surface area (Å²) >= 11 is 3.34. The van der Waals surface area contributed by atoms with Crippen molar-refractivity contribution < 1.29 is 14.3 Å². The van der Waals surface area contributed by atoms with Crippen molar-refractivity contribution in [3.63, 3.8) is 0 Å². The maximum absolute atomic E-state index is 11.6. The van der Waals surface area contributed by atoms with Gasteiger partial charge in [-0.05, 0) is 48.0 Å². The summed E-state index contributed by atoms with van der Waals surface area (Å²) in [6.45, 7) is 0. The first-order valence-electron chi connectivity index (χ1n) is 5.88. The average molecular weight is 331 g/mol. The summed E-state index contributed by atoms with van der Waals surface area (Å²) in [4.78, 5) is 22.1. The van der Waals surface area contributed by atoms with Crippen LogP contribution in [0.15, 0.2) is 59.1 Å². The van der Waals surface area contributed by atoms with Crippen molar-refractivity contribution in [2.75, 3.05) is 0 Å². The molecular weight excluding hydrogens is 320 g/mol. The monoisotopic (exact) mass is 330 g/mol. The summed E-state index contributed by atoms with van der Waals surface area (Å²) in [6, 6.07) is 13.9. The second-order valence-corrected chi connectivity index (χ2v) is 4.91. The highest BCUT2D eigenvalue weighted by Crippen LogP contribution is 2.13. The topological polar surface area (TPSA) is 43.4 Å². The maximum atomic E-state index is 11.6. The SMILES string of the molecule is O=Cc1ccc(OC(=O)/C=C/c2ccc(Br)cc2)cc1. The van der Waals surface area contributed by atoms with Gasteiger partial charge in [-0.1, -0.05) is 28.1 Å². The Balaban J connectivity index is 1.97. The van der Waals surface area contributed by atoms with Crippen LogP contribution in [-0.2, 0) is 4.79 Å². The molecule has 0 fully saturated rings. The molecule has 0 aliphatic rings. The number of carbonyl (C=O) groups is 2. The fourth-order valence-corrected chi connectivity index (χ4v) is 1.77. The van der Waals surface area contributed by atoms with E-state index in [2.05, 4.69) is 15.9 Å². The minimum absolute atomic E-state index is 0.404. The van der Waals surface area contributed by atoms with Gasteiger partial charge in [0.25, 0.3) is 0 Å². The Morgan fingerprint density at radius 1 is 0.950 bits per heavy atom. The van der Waals surface area contributed by atoms with Crippen LogP contribution in [0.25, 0.3) is 6.08 Å². The van der Waals surface area contributed by atoms with Crippen molar-refractivity contribution in [1.29, 1.82) is 0 Å². The third kappa shape index (κ3) is 4.17. The van der Waals surface area contributed by atoms with E-state index < -0.39 is 5.97 Å². The zero-order valence-electron chi connectivity index (χ0n) is 10.5. The first-order chi connectivity index (χ1) is 9.67. The quantitative estimate of drug-likeness (QED) is 0.370. The smallest absolute Gasteiger partial charge is 0.336 e. The molecule has 0 saturated carbocycles. The van der Waals surface area contributed by atoms with Crippen molar-refractivity contribution in [1.82, 2.24) is 0 Å². The third-order valence-electron chi connectivity index (χ3n) is 2.52. The van der Waals surface area contributed by atoms with Crippen LogP contribution in [0.1, 0.15) is 15.9 Å². The summed E-state index contributed by atoms with van der Waals surface area (Å²) in [5.74, 6) is -0.0622. The molecule has 0 amide bonds. The molecule has 2 aromatic carbocycles. The van der Waals surface area contributed by atoms with E-state index in [9.17, 15) is 9.59 Å². The molecule has 2 aromatic rings. The first-order valence-corrected chi connectivity index (χ1v) is 6.67. The van der Waals surface area contributed by atoms with Gasteiger partial charge in [-0.15, -0.1) is 0 Å². The van der Waals surface area contributed by atoms with Gasteiger partial charge >= 0.3 is 5.97 Å². The highest BCUT2D eigenvalue weighted by atomic mass is 79.9. The zero-order chi connectivity index (χ0) is 14.4. The van der Waals surface area contributed by atoms with Crippen LogP contribution < -0.4 is 4.74 Å². The second kappa shape index (κ2) is 6.82. The molecule has 0 atom stereocenters. The second-order valence-electron chi connectivity index (χ2n) is 3.99. The maximum Gasteiger partial charge on any atom is 0.336 e. The molecule has 4 heteroatoms. The molecule has 0 aromatic heterocycles. The Hall–Kier alpha value is -2.20. The van der Waals surface area contributed by atoms with Gasteiger partial charge in [0.1, 0.15) is 12.0 Å².